The third-order valence-corrected chi connectivity index (χ3v) is 4.48. The Bertz CT molecular complexity index is 740. The molecular weight excluding hydrogens is 320 g/mol. The van der Waals surface area contributed by atoms with Crippen LogP contribution in [0.2, 0.25) is 0 Å². The Kier molecular flexibility index (Phi) is 4.13. The molecule has 0 saturated heterocycles. The molecule has 1 aromatic carbocycles. The van der Waals surface area contributed by atoms with E-state index >= 15 is 0 Å². The van der Waals surface area contributed by atoms with Gasteiger partial charge in [0.25, 0.3) is 5.91 Å². The van der Waals surface area contributed by atoms with E-state index in [9.17, 15) is 9.59 Å². The zero-order valence-electron chi connectivity index (χ0n) is 13.9. The molecule has 1 saturated carbocycles. The number of carbonyl (C=O) groups is 2. The molecule has 0 aromatic heterocycles. The van der Waals surface area contributed by atoms with E-state index in [-0.39, 0.29) is 23.7 Å². The lowest BCUT2D eigenvalue weighted by atomic mass is 10.2. The van der Waals surface area contributed by atoms with Crippen molar-refractivity contribution in [2.24, 2.45) is 10.9 Å². The van der Waals surface area contributed by atoms with Gasteiger partial charge in [-0.05, 0) is 24.3 Å². The van der Waals surface area contributed by atoms with Gasteiger partial charge < -0.3 is 15.0 Å². The van der Waals surface area contributed by atoms with Gasteiger partial charge in [-0.1, -0.05) is 30.3 Å². The minimum Gasteiger partial charge on any atom is -0.418 e. The predicted molar refractivity (Wildman–Crippen MR) is 91.3 cm³/mol. The highest BCUT2D eigenvalue weighted by Gasteiger charge is 2.32. The molecule has 1 aromatic rings. The van der Waals surface area contributed by atoms with Crippen molar-refractivity contribution in [3.05, 3.63) is 47.9 Å². The summed E-state index contributed by atoms with van der Waals surface area (Å²) < 4.78 is 5.51. The fraction of sp³-hybridized carbons (Fsp3) is 0.389. The maximum atomic E-state index is 12.4. The zero-order chi connectivity index (χ0) is 17.2. The van der Waals surface area contributed by atoms with Gasteiger partial charge in [0.05, 0.1) is 6.20 Å². The van der Waals surface area contributed by atoms with Crippen molar-refractivity contribution >= 4 is 18.0 Å². The van der Waals surface area contributed by atoms with Crippen LogP contribution in [0.5, 0.6) is 0 Å². The van der Waals surface area contributed by atoms with Crippen molar-refractivity contribution in [3.8, 4) is 0 Å². The maximum Gasteiger partial charge on any atom is 0.348 e. The lowest BCUT2D eigenvalue weighted by molar-refractivity contribution is -0.119. The van der Waals surface area contributed by atoms with Crippen LogP contribution >= 0.6 is 0 Å². The number of ether oxygens (including phenoxy) is 1. The molecule has 4 rings (SSSR count). The average Bonchev–Trinajstić information content (AvgIpc) is 3.39. The fourth-order valence-corrected chi connectivity index (χ4v) is 2.81. The van der Waals surface area contributed by atoms with Gasteiger partial charge in [0.1, 0.15) is 0 Å². The number of nitrogens with one attached hydrogen (secondary N) is 1. The summed E-state index contributed by atoms with van der Waals surface area (Å²) in [6, 6.07) is 9.61. The van der Waals surface area contributed by atoms with Gasteiger partial charge in [0.15, 0.2) is 0 Å². The van der Waals surface area contributed by atoms with E-state index in [0.29, 0.717) is 32.1 Å². The first kappa shape index (κ1) is 15.7. The van der Waals surface area contributed by atoms with Crippen LogP contribution < -0.4 is 5.32 Å². The third kappa shape index (κ3) is 3.65. The maximum absolute atomic E-state index is 12.4. The van der Waals surface area contributed by atoms with Gasteiger partial charge in [-0.3, -0.25) is 9.69 Å². The van der Waals surface area contributed by atoms with Gasteiger partial charge in [0, 0.05) is 26.2 Å². The molecule has 3 amide bonds. The molecule has 2 aliphatic heterocycles. The molecule has 1 fully saturated rings. The van der Waals surface area contributed by atoms with E-state index in [1.54, 1.807) is 16.0 Å². The fourth-order valence-electron chi connectivity index (χ4n) is 2.81. The standard InChI is InChI=1S/C18H20N4O3/c23-16(19-10-13-6-7-13)15-12-22-9-8-21(17(24)20-18(22)25-15)11-14-4-2-1-3-5-14/h1-5,12-13H,6-11H2,(H,19,23). The van der Waals surface area contributed by atoms with Crippen LogP contribution in [0.1, 0.15) is 18.4 Å². The van der Waals surface area contributed by atoms with Crippen LogP contribution in [-0.2, 0) is 16.1 Å². The molecule has 0 bridgehead atoms. The second-order valence-electron chi connectivity index (χ2n) is 6.53. The molecule has 0 spiro atoms. The summed E-state index contributed by atoms with van der Waals surface area (Å²) in [5.41, 5.74) is 1.05. The summed E-state index contributed by atoms with van der Waals surface area (Å²) in [6.07, 6.45) is 3.97. The molecule has 25 heavy (non-hydrogen) atoms. The van der Waals surface area contributed by atoms with Crippen LogP contribution in [0.4, 0.5) is 4.79 Å². The highest BCUT2D eigenvalue weighted by molar-refractivity contribution is 5.99. The number of fused-ring (bicyclic) bond motifs is 1. The van der Waals surface area contributed by atoms with Crippen LogP contribution in [0.15, 0.2) is 47.3 Å². The minimum absolute atomic E-state index is 0.178. The van der Waals surface area contributed by atoms with Crippen molar-refractivity contribution in [2.75, 3.05) is 19.6 Å². The number of hydrogen-bond acceptors (Lipinski definition) is 4. The number of amidine groups is 1. The number of carbonyl (C=O) groups excluding carboxylic acids is 2. The highest BCUT2D eigenvalue weighted by atomic mass is 16.5. The molecule has 1 aliphatic carbocycles. The van der Waals surface area contributed by atoms with E-state index in [4.69, 9.17) is 4.74 Å². The normalized spacial score (nSPS) is 19.6. The Morgan fingerprint density at radius 1 is 1.24 bits per heavy atom. The van der Waals surface area contributed by atoms with Crippen LogP contribution in [0, 0.1) is 5.92 Å². The lowest BCUT2D eigenvalue weighted by Crippen LogP contribution is -2.32. The molecule has 0 radical (unpaired) electrons. The number of nitrogens with zero attached hydrogens (tertiary/aromatic N) is 3. The summed E-state index contributed by atoms with van der Waals surface area (Å²) in [5.74, 6) is 0.544. The SMILES string of the molecule is O=C(NCC1CC1)C1=CN2CCN(Cc3ccccc3)C(=O)N=C2O1. The van der Waals surface area contributed by atoms with Crippen molar-refractivity contribution in [3.63, 3.8) is 0 Å². The molecule has 0 unspecified atom stereocenters. The van der Waals surface area contributed by atoms with E-state index in [1.807, 2.05) is 30.3 Å². The Morgan fingerprint density at radius 2 is 2.04 bits per heavy atom. The molecule has 3 aliphatic rings. The van der Waals surface area contributed by atoms with E-state index in [1.165, 1.54) is 12.8 Å². The molecule has 2 heterocycles. The Morgan fingerprint density at radius 3 is 2.80 bits per heavy atom. The lowest BCUT2D eigenvalue weighted by Gasteiger charge is -2.19. The van der Waals surface area contributed by atoms with E-state index in [2.05, 4.69) is 10.3 Å². The number of benzene rings is 1. The van der Waals surface area contributed by atoms with E-state index < -0.39 is 0 Å². The topological polar surface area (TPSA) is 74.2 Å². The first-order valence-corrected chi connectivity index (χ1v) is 8.55. The first-order valence-electron chi connectivity index (χ1n) is 8.55. The zero-order valence-corrected chi connectivity index (χ0v) is 13.9. The summed E-state index contributed by atoms with van der Waals surface area (Å²) in [6.45, 7) is 2.23. The summed E-state index contributed by atoms with van der Waals surface area (Å²) in [5, 5.41) is 2.86. The second-order valence-corrected chi connectivity index (χ2v) is 6.53. The van der Waals surface area contributed by atoms with Crippen molar-refractivity contribution in [2.45, 2.75) is 19.4 Å². The Balaban J connectivity index is 1.39. The molecular formula is C18H20N4O3. The largest absolute Gasteiger partial charge is 0.418 e. The van der Waals surface area contributed by atoms with Crippen molar-refractivity contribution < 1.29 is 14.3 Å². The summed E-state index contributed by atoms with van der Waals surface area (Å²) >= 11 is 0. The molecule has 130 valence electrons. The molecule has 1 N–H and O–H groups in total. The molecule has 7 nitrogen and oxygen atoms in total. The second kappa shape index (κ2) is 6.58. The number of aliphatic imine (C=N–C) groups is 1. The van der Waals surface area contributed by atoms with Crippen molar-refractivity contribution in [1.29, 1.82) is 0 Å². The quantitative estimate of drug-likeness (QED) is 0.885. The Hall–Kier alpha value is -2.83. The molecule has 0 atom stereocenters. The summed E-state index contributed by atoms with van der Waals surface area (Å²) in [4.78, 5) is 31.9. The number of urea groups is 1. The smallest absolute Gasteiger partial charge is 0.348 e. The first-order chi connectivity index (χ1) is 12.2. The minimum atomic E-state index is -0.352. The van der Waals surface area contributed by atoms with Gasteiger partial charge in [0.2, 0.25) is 5.76 Å². The summed E-state index contributed by atoms with van der Waals surface area (Å²) in [7, 11) is 0. The van der Waals surface area contributed by atoms with Gasteiger partial charge >= 0.3 is 12.1 Å². The number of amides is 3. The van der Waals surface area contributed by atoms with Crippen LogP contribution in [0.3, 0.4) is 0 Å². The monoisotopic (exact) mass is 340 g/mol. The average molecular weight is 340 g/mol. The van der Waals surface area contributed by atoms with Gasteiger partial charge in [-0.25, -0.2) is 4.79 Å². The highest BCUT2D eigenvalue weighted by Crippen LogP contribution is 2.27. The van der Waals surface area contributed by atoms with Gasteiger partial charge in [-0.2, -0.15) is 0 Å². The Labute approximate surface area is 146 Å². The number of hydrogen-bond donors (Lipinski definition) is 1. The molecule has 7 heteroatoms. The number of rotatable bonds is 5. The van der Waals surface area contributed by atoms with Crippen LogP contribution in [0.25, 0.3) is 0 Å². The van der Waals surface area contributed by atoms with Crippen LogP contribution in [-0.4, -0.2) is 47.4 Å². The predicted octanol–water partition coefficient (Wildman–Crippen LogP) is 1.68. The van der Waals surface area contributed by atoms with Gasteiger partial charge in [-0.15, -0.1) is 4.99 Å². The van der Waals surface area contributed by atoms with Crippen molar-refractivity contribution in [1.82, 2.24) is 15.1 Å². The van der Waals surface area contributed by atoms with E-state index in [0.717, 1.165) is 5.56 Å². The third-order valence-electron chi connectivity index (χ3n) is 4.48.